The standard InChI is InChI=1S/C25H33NO6/c1-25(2,3)32-24(27)26-15-14-22(23(18-26)29-17-16-28-4)31-21-12-10-20(11-13-21)30-19-8-6-5-7-9-19/h5-13,22-23H,14-18H2,1-4H3. The quantitative estimate of drug-likeness (QED) is 0.541. The zero-order valence-corrected chi connectivity index (χ0v) is 19.3. The molecule has 0 saturated carbocycles. The normalized spacial score (nSPS) is 18.8. The van der Waals surface area contributed by atoms with Crippen LogP contribution < -0.4 is 9.47 Å². The van der Waals surface area contributed by atoms with E-state index in [4.69, 9.17) is 23.7 Å². The van der Waals surface area contributed by atoms with Crippen LogP contribution in [0, 0.1) is 0 Å². The maximum atomic E-state index is 12.5. The Bertz CT molecular complexity index is 834. The Kier molecular flexibility index (Phi) is 8.36. The van der Waals surface area contributed by atoms with Gasteiger partial charge in [-0.05, 0) is 57.2 Å². The molecule has 2 unspecified atom stereocenters. The third-order valence-corrected chi connectivity index (χ3v) is 4.86. The molecule has 7 heteroatoms. The van der Waals surface area contributed by atoms with Crippen LogP contribution >= 0.6 is 0 Å². The summed E-state index contributed by atoms with van der Waals surface area (Å²) in [7, 11) is 1.63. The van der Waals surface area contributed by atoms with Crippen molar-refractivity contribution in [1.82, 2.24) is 4.90 Å². The number of carbonyl (C=O) groups excluding carboxylic acids is 1. The maximum Gasteiger partial charge on any atom is 0.410 e. The predicted octanol–water partition coefficient (Wildman–Crippen LogP) is 4.90. The third-order valence-electron chi connectivity index (χ3n) is 4.86. The van der Waals surface area contributed by atoms with E-state index in [-0.39, 0.29) is 18.3 Å². The lowest BCUT2D eigenvalue weighted by molar-refractivity contribution is -0.0808. The first-order valence-corrected chi connectivity index (χ1v) is 10.9. The van der Waals surface area contributed by atoms with Crippen molar-refractivity contribution >= 4 is 6.09 Å². The van der Waals surface area contributed by atoms with Gasteiger partial charge in [0.25, 0.3) is 0 Å². The first-order chi connectivity index (χ1) is 15.3. The van der Waals surface area contributed by atoms with E-state index in [9.17, 15) is 4.79 Å². The molecule has 2 aromatic carbocycles. The van der Waals surface area contributed by atoms with E-state index in [1.165, 1.54) is 0 Å². The van der Waals surface area contributed by atoms with Crippen molar-refractivity contribution in [3.05, 3.63) is 54.6 Å². The van der Waals surface area contributed by atoms with Crippen LogP contribution in [0.2, 0.25) is 0 Å². The molecule has 1 heterocycles. The smallest absolute Gasteiger partial charge is 0.410 e. The summed E-state index contributed by atoms with van der Waals surface area (Å²) in [6.07, 6.45) is -0.170. The van der Waals surface area contributed by atoms with E-state index < -0.39 is 5.60 Å². The minimum absolute atomic E-state index is 0.188. The first-order valence-electron chi connectivity index (χ1n) is 10.9. The molecule has 2 aromatic rings. The van der Waals surface area contributed by atoms with Crippen molar-refractivity contribution in [2.24, 2.45) is 0 Å². The molecule has 0 aliphatic carbocycles. The lowest BCUT2D eigenvalue weighted by Crippen LogP contribution is -2.53. The number of hydrogen-bond donors (Lipinski definition) is 0. The van der Waals surface area contributed by atoms with E-state index in [0.29, 0.717) is 32.7 Å². The number of para-hydroxylation sites is 1. The molecule has 1 amide bonds. The second-order valence-electron chi connectivity index (χ2n) is 8.66. The number of methoxy groups -OCH3 is 1. The summed E-state index contributed by atoms with van der Waals surface area (Å²) >= 11 is 0. The maximum absolute atomic E-state index is 12.5. The summed E-state index contributed by atoms with van der Waals surface area (Å²) in [5.41, 5.74) is -0.541. The molecule has 0 radical (unpaired) electrons. The monoisotopic (exact) mass is 443 g/mol. The van der Waals surface area contributed by atoms with Gasteiger partial charge >= 0.3 is 6.09 Å². The van der Waals surface area contributed by atoms with Gasteiger partial charge in [0.15, 0.2) is 0 Å². The number of likely N-dealkylation sites (tertiary alicyclic amines) is 1. The average Bonchev–Trinajstić information content (AvgIpc) is 2.76. The Morgan fingerprint density at radius 3 is 2.25 bits per heavy atom. The summed E-state index contributed by atoms with van der Waals surface area (Å²) < 4.78 is 28.7. The van der Waals surface area contributed by atoms with Gasteiger partial charge < -0.3 is 28.6 Å². The van der Waals surface area contributed by atoms with Crippen molar-refractivity contribution in [3.63, 3.8) is 0 Å². The predicted molar refractivity (Wildman–Crippen MR) is 121 cm³/mol. The Balaban J connectivity index is 1.61. The van der Waals surface area contributed by atoms with Gasteiger partial charge in [0, 0.05) is 20.1 Å². The van der Waals surface area contributed by atoms with Crippen molar-refractivity contribution in [1.29, 1.82) is 0 Å². The number of ether oxygens (including phenoxy) is 5. The number of nitrogens with zero attached hydrogens (tertiary/aromatic N) is 1. The van der Waals surface area contributed by atoms with Gasteiger partial charge in [-0.3, -0.25) is 0 Å². The minimum atomic E-state index is -0.541. The molecule has 3 rings (SSSR count). The van der Waals surface area contributed by atoms with Crippen LogP contribution in [0.15, 0.2) is 54.6 Å². The second-order valence-corrected chi connectivity index (χ2v) is 8.66. The molecule has 1 aliphatic rings. The van der Waals surface area contributed by atoms with Gasteiger partial charge in [-0.1, -0.05) is 18.2 Å². The van der Waals surface area contributed by atoms with Crippen LogP contribution in [0.3, 0.4) is 0 Å². The zero-order chi connectivity index (χ0) is 23.0. The highest BCUT2D eigenvalue weighted by Gasteiger charge is 2.35. The number of amides is 1. The van der Waals surface area contributed by atoms with Gasteiger partial charge in [0.05, 0.1) is 19.8 Å². The largest absolute Gasteiger partial charge is 0.488 e. The Labute approximate surface area is 190 Å². The second kappa shape index (κ2) is 11.2. The van der Waals surface area contributed by atoms with Crippen LogP contribution in [0.4, 0.5) is 4.79 Å². The van der Waals surface area contributed by atoms with Gasteiger partial charge in [-0.2, -0.15) is 0 Å². The Hall–Kier alpha value is -2.77. The highest BCUT2D eigenvalue weighted by Crippen LogP contribution is 2.27. The molecule has 1 saturated heterocycles. The van der Waals surface area contributed by atoms with Gasteiger partial charge in [-0.15, -0.1) is 0 Å². The van der Waals surface area contributed by atoms with Crippen molar-refractivity contribution in [2.45, 2.75) is 45.0 Å². The summed E-state index contributed by atoms with van der Waals surface area (Å²) in [6, 6.07) is 17.1. The van der Waals surface area contributed by atoms with Crippen LogP contribution in [0.5, 0.6) is 17.2 Å². The Morgan fingerprint density at radius 1 is 0.938 bits per heavy atom. The fourth-order valence-corrected chi connectivity index (χ4v) is 3.35. The van der Waals surface area contributed by atoms with Crippen molar-refractivity contribution < 1.29 is 28.5 Å². The molecular weight excluding hydrogens is 410 g/mol. The van der Waals surface area contributed by atoms with E-state index in [2.05, 4.69) is 0 Å². The molecule has 7 nitrogen and oxygen atoms in total. The van der Waals surface area contributed by atoms with Crippen LogP contribution in [-0.2, 0) is 14.2 Å². The lowest BCUT2D eigenvalue weighted by atomic mass is 10.0. The number of rotatable bonds is 8. The third kappa shape index (κ3) is 7.43. The van der Waals surface area contributed by atoms with E-state index in [1.807, 2.05) is 75.4 Å². The summed E-state index contributed by atoms with van der Waals surface area (Å²) in [6.45, 7) is 7.42. The molecule has 0 N–H and O–H groups in total. The average molecular weight is 444 g/mol. The number of carbonyl (C=O) groups is 1. The first kappa shape index (κ1) is 23.9. The number of benzene rings is 2. The molecule has 0 aromatic heterocycles. The molecule has 1 fully saturated rings. The Morgan fingerprint density at radius 2 is 1.59 bits per heavy atom. The molecule has 32 heavy (non-hydrogen) atoms. The summed E-state index contributed by atoms with van der Waals surface area (Å²) in [5, 5.41) is 0. The zero-order valence-electron chi connectivity index (χ0n) is 19.3. The molecule has 1 aliphatic heterocycles. The van der Waals surface area contributed by atoms with Crippen LogP contribution in [-0.4, -0.2) is 62.2 Å². The topological polar surface area (TPSA) is 66.5 Å². The fraction of sp³-hybridized carbons (Fsp3) is 0.480. The molecule has 0 bridgehead atoms. The molecule has 2 atom stereocenters. The van der Waals surface area contributed by atoms with Gasteiger partial charge in [0.1, 0.15) is 35.1 Å². The number of piperidine rings is 1. The fourth-order valence-electron chi connectivity index (χ4n) is 3.35. The highest BCUT2D eigenvalue weighted by atomic mass is 16.6. The SMILES string of the molecule is COCCOC1CN(C(=O)OC(C)(C)C)CCC1Oc1ccc(Oc2ccccc2)cc1. The highest BCUT2D eigenvalue weighted by molar-refractivity contribution is 5.68. The van der Waals surface area contributed by atoms with E-state index in [1.54, 1.807) is 12.0 Å². The van der Waals surface area contributed by atoms with Crippen LogP contribution in [0.25, 0.3) is 0 Å². The van der Waals surface area contributed by atoms with Gasteiger partial charge in [0.2, 0.25) is 0 Å². The summed E-state index contributed by atoms with van der Waals surface area (Å²) in [5.74, 6) is 2.24. The minimum Gasteiger partial charge on any atom is -0.488 e. The van der Waals surface area contributed by atoms with E-state index >= 15 is 0 Å². The summed E-state index contributed by atoms with van der Waals surface area (Å²) in [4.78, 5) is 14.2. The number of hydrogen-bond acceptors (Lipinski definition) is 6. The van der Waals surface area contributed by atoms with Crippen molar-refractivity contribution in [2.75, 3.05) is 33.4 Å². The molecule has 0 spiro atoms. The van der Waals surface area contributed by atoms with Crippen molar-refractivity contribution in [3.8, 4) is 17.2 Å². The van der Waals surface area contributed by atoms with Crippen LogP contribution in [0.1, 0.15) is 27.2 Å². The molecule has 174 valence electrons. The van der Waals surface area contributed by atoms with E-state index in [0.717, 1.165) is 17.2 Å². The van der Waals surface area contributed by atoms with Gasteiger partial charge in [-0.25, -0.2) is 4.79 Å². The molecular formula is C25H33NO6. The lowest BCUT2D eigenvalue weighted by Gasteiger charge is -2.38.